The van der Waals surface area contributed by atoms with Crippen LogP contribution in [0.5, 0.6) is 5.75 Å². The molecule has 1 atom stereocenters. The van der Waals surface area contributed by atoms with Gasteiger partial charge in [0.05, 0.1) is 12.0 Å². The Hall–Kier alpha value is -1.85. The van der Waals surface area contributed by atoms with Crippen LogP contribution in [-0.4, -0.2) is 15.5 Å². The molecule has 0 heterocycles. The Morgan fingerprint density at radius 1 is 1.05 bits per heavy atom. The monoisotopic (exact) mass is 305 g/mol. The lowest BCUT2D eigenvalue weighted by molar-refractivity contribution is 0.405. The number of nitrogens with one attached hydrogen (secondary N) is 1. The first kappa shape index (κ1) is 15.5. The average molecular weight is 305 g/mol. The summed E-state index contributed by atoms with van der Waals surface area (Å²) >= 11 is 0. The predicted molar refractivity (Wildman–Crippen MR) is 82.9 cm³/mol. The Labute approximate surface area is 125 Å². The fraction of sp³-hybridized carbons (Fsp3) is 0.250. The van der Waals surface area contributed by atoms with Crippen molar-refractivity contribution in [1.82, 2.24) is 4.72 Å². The van der Waals surface area contributed by atoms with Crippen molar-refractivity contribution in [2.45, 2.75) is 24.8 Å². The fourth-order valence-corrected chi connectivity index (χ4v) is 3.71. The molecule has 0 radical (unpaired) electrons. The zero-order chi connectivity index (χ0) is 15.5. The van der Waals surface area contributed by atoms with Crippen LogP contribution in [0.15, 0.2) is 53.4 Å². The normalized spacial score (nSPS) is 12.9. The number of rotatable bonds is 5. The summed E-state index contributed by atoms with van der Waals surface area (Å²) in [6, 6.07) is 13.9. The third-order valence-electron chi connectivity index (χ3n) is 3.32. The summed E-state index contributed by atoms with van der Waals surface area (Å²) in [5, 5.41) is 0. The molecule has 0 aromatic heterocycles. The number of sulfonamides is 1. The van der Waals surface area contributed by atoms with E-state index in [1.165, 1.54) is 0 Å². The first-order valence-corrected chi connectivity index (χ1v) is 8.15. The first-order valence-electron chi connectivity index (χ1n) is 6.66. The van der Waals surface area contributed by atoms with E-state index in [2.05, 4.69) is 4.72 Å². The Morgan fingerprint density at radius 3 is 2.33 bits per heavy atom. The molecule has 0 aliphatic rings. The Balaban J connectivity index is 2.31. The maximum atomic E-state index is 12.5. The molecule has 5 heteroatoms. The number of aryl methyl sites for hydroxylation is 1. The summed E-state index contributed by atoms with van der Waals surface area (Å²) in [4.78, 5) is 0.298. The molecule has 2 aromatic carbocycles. The number of para-hydroxylation sites is 1. The molecule has 0 unspecified atom stereocenters. The summed E-state index contributed by atoms with van der Waals surface area (Å²) in [7, 11) is -2.00. The number of ether oxygens (including phenoxy) is 1. The smallest absolute Gasteiger partial charge is 0.241 e. The first-order chi connectivity index (χ1) is 9.95. The van der Waals surface area contributed by atoms with Gasteiger partial charge < -0.3 is 4.74 Å². The minimum Gasteiger partial charge on any atom is -0.496 e. The average Bonchev–Trinajstić information content (AvgIpc) is 2.47. The van der Waals surface area contributed by atoms with E-state index < -0.39 is 10.0 Å². The second-order valence-electron chi connectivity index (χ2n) is 4.85. The van der Waals surface area contributed by atoms with E-state index in [4.69, 9.17) is 4.74 Å². The molecule has 0 fully saturated rings. The van der Waals surface area contributed by atoms with E-state index in [1.54, 1.807) is 39.2 Å². The molecule has 21 heavy (non-hydrogen) atoms. The Kier molecular flexibility index (Phi) is 4.65. The van der Waals surface area contributed by atoms with E-state index in [0.717, 1.165) is 11.1 Å². The Morgan fingerprint density at radius 2 is 1.67 bits per heavy atom. The number of hydrogen-bond acceptors (Lipinski definition) is 3. The lowest BCUT2D eigenvalue weighted by Gasteiger charge is -2.18. The molecule has 0 saturated heterocycles. The summed E-state index contributed by atoms with van der Waals surface area (Å²) in [6.45, 7) is 3.58. The lowest BCUT2D eigenvalue weighted by atomic mass is 10.1. The highest BCUT2D eigenvalue weighted by atomic mass is 32.2. The van der Waals surface area contributed by atoms with Crippen molar-refractivity contribution >= 4 is 10.0 Å². The topological polar surface area (TPSA) is 55.4 Å². The highest BCUT2D eigenvalue weighted by Gasteiger charge is 2.21. The van der Waals surface area contributed by atoms with Gasteiger partial charge in [0.1, 0.15) is 5.75 Å². The molecule has 0 aliphatic carbocycles. The summed E-state index contributed by atoms with van der Waals surface area (Å²) < 4.78 is 32.9. The van der Waals surface area contributed by atoms with Crippen LogP contribution < -0.4 is 9.46 Å². The number of benzene rings is 2. The molecular weight excluding hydrogens is 286 g/mol. The molecular formula is C16H19NO3S. The third kappa shape index (κ3) is 3.43. The quantitative estimate of drug-likeness (QED) is 0.923. The molecule has 0 aliphatic heterocycles. The van der Waals surface area contributed by atoms with Crippen LogP contribution in [0.3, 0.4) is 0 Å². The van der Waals surface area contributed by atoms with Crippen molar-refractivity contribution in [2.75, 3.05) is 7.11 Å². The summed E-state index contributed by atoms with van der Waals surface area (Å²) in [5.74, 6) is 0.664. The van der Waals surface area contributed by atoms with Crippen LogP contribution >= 0.6 is 0 Å². The highest BCUT2D eigenvalue weighted by molar-refractivity contribution is 7.89. The highest BCUT2D eigenvalue weighted by Crippen LogP contribution is 2.26. The van der Waals surface area contributed by atoms with Gasteiger partial charge >= 0.3 is 0 Å². The zero-order valence-corrected chi connectivity index (χ0v) is 13.1. The zero-order valence-electron chi connectivity index (χ0n) is 12.3. The van der Waals surface area contributed by atoms with Gasteiger partial charge in [0, 0.05) is 11.6 Å². The maximum absolute atomic E-state index is 12.5. The molecule has 0 saturated carbocycles. The minimum atomic E-state index is -3.57. The van der Waals surface area contributed by atoms with E-state index in [0.29, 0.717) is 10.6 Å². The molecule has 1 N–H and O–H groups in total. The number of hydrogen-bond donors (Lipinski definition) is 1. The third-order valence-corrected chi connectivity index (χ3v) is 5.02. The van der Waals surface area contributed by atoms with Gasteiger partial charge in [-0.2, -0.15) is 0 Å². The van der Waals surface area contributed by atoms with Gasteiger partial charge in [0.15, 0.2) is 0 Å². The maximum Gasteiger partial charge on any atom is 0.241 e. The van der Waals surface area contributed by atoms with Gasteiger partial charge in [-0.1, -0.05) is 36.4 Å². The SMILES string of the molecule is COc1ccccc1[C@@H](C)NS(=O)(=O)c1ccccc1C. The van der Waals surface area contributed by atoms with E-state index in [-0.39, 0.29) is 6.04 Å². The molecule has 0 spiro atoms. The second-order valence-corrected chi connectivity index (χ2v) is 6.53. The lowest BCUT2D eigenvalue weighted by Crippen LogP contribution is -2.27. The number of methoxy groups -OCH3 is 1. The fourth-order valence-electron chi connectivity index (χ4n) is 2.24. The summed E-state index contributed by atoms with van der Waals surface area (Å²) in [5.41, 5.74) is 1.52. The molecule has 112 valence electrons. The molecule has 0 bridgehead atoms. The van der Waals surface area contributed by atoms with Gasteiger partial charge in [-0.3, -0.25) is 0 Å². The van der Waals surface area contributed by atoms with Crippen LogP contribution in [0.4, 0.5) is 0 Å². The van der Waals surface area contributed by atoms with E-state index in [1.807, 2.05) is 30.3 Å². The van der Waals surface area contributed by atoms with Crippen LogP contribution in [0.25, 0.3) is 0 Å². The van der Waals surface area contributed by atoms with Crippen LogP contribution in [0.1, 0.15) is 24.1 Å². The van der Waals surface area contributed by atoms with Gasteiger partial charge in [0.2, 0.25) is 10.0 Å². The standard InChI is InChI=1S/C16H19NO3S/c1-12-8-4-7-11-16(12)21(18,19)17-13(2)14-9-5-6-10-15(14)20-3/h4-11,13,17H,1-3H3/t13-/m1/s1. The van der Waals surface area contributed by atoms with Crippen molar-refractivity contribution in [1.29, 1.82) is 0 Å². The minimum absolute atomic E-state index is 0.298. The van der Waals surface area contributed by atoms with Crippen molar-refractivity contribution < 1.29 is 13.2 Å². The van der Waals surface area contributed by atoms with Crippen molar-refractivity contribution in [3.8, 4) is 5.75 Å². The van der Waals surface area contributed by atoms with Gasteiger partial charge in [-0.15, -0.1) is 0 Å². The van der Waals surface area contributed by atoms with Crippen LogP contribution in [-0.2, 0) is 10.0 Å². The second kappa shape index (κ2) is 6.28. The predicted octanol–water partition coefficient (Wildman–Crippen LogP) is 3.04. The van der Waals surface area contributed by atoms with Gasteiger partial charge in [0.25, 0.3) is 0 Å². The molecule has 4 nitrogen and oxygen atoms in total. The summed E-state index contributed by atoms with van der Waals surface area (Å²) in [6.07, 6.45) is 0. The van der Waals surface area contributed by atoms with E-state index in [9.17, 15) is 8.42 Å². The molecule has 0 amide bonds. The molecule has 2 rings (SSSR count). The van der Waals surface area contributed by atoms with Crippen molar-refractivity contribution in [2.24, 2.45) is 0 Å². The Bertz CT molecular complexity index is 726. The largest absolute Gasteiger partial charge is 0.496 e. The van der Waals surface area contributed by atoms with Gasteiger partial charge in [-0.05, 0) is 31.5 Å². The van der Waals surface area contributed by atoms with Crippen LogP contribution in [0.2, 0.25) is 0 Å². The molecule has 2 aromatic rings. The van der Waals surface area contributed by atoms with Crippen LogP contribution in [0, 0.1) is 6.92 Å². The van der Waals surface area contributed by atoms with Crippen molar-refractivity contribution in [3.05, 3.63) is 59.7 Å². The van der Waals surface area contributed by atoms with Gasteiger partial charge in [-0.25, -0.2) is 13.1 Å². The van der Waals surface area contributed by atoms with Crippen molar-refractivity contribution in [3.63, 3.8) is 0 Å². The van der Waals surface area contributed by atoms with E-state index >= 15 is 0 Å².